The molecule has 2 rings (SSSR count). The predicted octanol–water partition coefficient (Wildman–Crippen LogP) is 2.04. The van der Waals surface area contributed by atoms with Crippen molar-refractivity contribution in [2.24, 2.45) is 0 Å². The molecule has 1 aromatic heterocycles. The minimum atomic E-state index is -1.04. The van der Waals surface area contributed by atoms with Crippen LogP contribution in [0.5, 0.6) is 0 Å². The van der Waals surface area contributed by atoms with Gasteiger partial charge < -0.3 is 9.63 Å². The van der Waals surface area contributed by atoms with Crippen molar-refractivity contribution < 1.29 is 14.4 Å². The summed E-state index contributed by atoms with van der Waals surface area (Å²) in [6.45, 7) is 0. The molecule has 1 N–H and O–H groups in total. The molecule has 0 aliphatic carbocycles. The average Bonchev–Trinajstić information content (AvgIpc) is 2.67. The van der Waals surface area contributed by atoms with E-state index in [0.717, 1.165) is 0 Å². The molecule has 4 nitrogen and oxygen atoms in total. The molecule has 2 aromatic rings. The third kappa shape index (κ3) is 1.37. The van der Waals surface area contributed by atoms with Gasteiger partial charge in [0.25, 0.3) is 0 Å². The van der Waals surface area contributed by atoms with Crippen LogP contribution in [0.2, 0.25) is 0 Å². The first kappa shape index (κ1) is 8.50. The van der Waals surface area contributed by atoms with Gasteiger partial charge in [0.15, 0.2) is 5.76 Å². The molecular formula is C10H7NO3. The molecule has 0 unspecified atom stereocenters. The lowest BCUT2D eigenvalue weighted by Crippen LogP contribution is -1.95. The van der Waals surface area contributed by atoms with Gasteiger partial charge in [-0.05, 0) is 0 Å². The fourth-order valence-electron chi connectivity index (χ4n) is 1.19. The van der Waals surface area contributed by atoms with E-state index >= 15 is 0 Å². The molecule has 1 aromatic carbocycles. The molecule has 0 bridgehead atoms. The van der Waals surface area contributed by atoms with Gasteiger partial charge in [0.1, 0.15) is 5.56 Å². The summed E-state index contributed by atoms with van der Waals surface area (Å²) >= 11 is 0. The van der Waals surface area contributed by atoms with Gasteiger partial charge in [0.05, 0.1) is 6.20 Å². The fourth-order valence-corrected chi connectivity index (χ4v) is 1.19. The predicted molar refractivity (Wildman–Crippen MR) is 48.9 cm³/mol. The summed E-state index contributed by atoms with van der Waals surface area (Å²) in [6.07, 6.45) is 1.20. The van der Waals surface area contributed by atoms with E-state index in [0.29, 0.717) is 5.56 Å². The second-order valence-electron chi connectivity index (χ2n) is 2.74. The second-order valence-corrected chi connectivity index (χ2v) is 2.74. The lowest BCUT2D eigenvalue weighted by Gasteiger charge is -1.95. The van der Waals surface area contributed by atoms with Gasteiger partial charge in [-0.25, -0.2) is 4.79 Å². The van der Waals surface area contributed by atoms with Gasteiger partial charge in [-0.3, -0.25) is 0 Å². The highest BCUT2D eigenvalue weighted by Gasteiger charge is 2.15. The number of aromatic nitrogens is 1. The number of hydrogen-bond donors (Lipinski definition) is 1. The van der Waals surface area contributed by atoms with Gasteiger partial charge in [-0.2, -0.15) is 0 Å². The molecule has 4 heteroatoms. The van der Waals surface area contributed by atoms with E-state index in [-0.39, 0.29) is 11.3 Å². The van der Waals surface area contributed by atoms with Crippen LogP contribution in [0.4, 0.5) is 0 Å². The fraction of sp³-hybridized carbons (Fsp3) is 0. The number of aromatic carboxylic acids is 1. The van der Waals surface area contributed by atoms with Crippen molar-refractivity contribution in [2.45, 2.75) is 0 Å². The number of carboxylic acids is 1. The largest absolute Gasteiger partial charge is 0.477 e. The summed E-state index contributed by atoms with van der Waals surface area (Å²) in [5.74, 6) is -0.747. The molecule has 1 heterocycles. The molecule has 0 saturated carbocycles. The molecule has 0 spiro atoms. The molecule has 0 atom stereocenters. The molecule has 0 amide bonds. The zero-order valence-corrected chi connectivity index (χ0v) is 7.18. The highest BCUT2D eigenvalue weighted by atomic mass is 16.5. The average molecular weight is 189 g/mol. The van der Waals surface area contributed by atoms with Crippen LogP contribution in [0.1, 0.15) is 10.4 Å². The molecule has 0 fully saturated rings. The van der Waals surface area contributed by atoms with Crippen LogP contribution in [0, 0.1) is 0 Å². The van der Waals surface area contributed by atoms with Crippen molar-refractivity contribution in [3.63, 3.8) is 0 Å². The standard InChI is InChI=1S/C10H7NO3/c12-10(13)8-6-11-14-9(8)7-4-2-1-3-5-7/h1-6H,(H,12,13). The summed E-state index contributed by atoms with van der Waals surface area (Å²) in [5, 5.41) is 12.3. The maximum Gasteiger partial charge on any atom is 0.341 e. The highest BCUT2D eigenvalue weighted by molar-refractivity contribution is 5.93. The monoisotopic (exact) mass is 189 g/mol. The van der Waals surface area contributed by atoms with Gasteiger partial charge in [0, 0.05) is 5.56 Å². The first-order valence-corrected chi connectivity index (χ1v) is 4.02. The lowest BCUT2D eigenvalue weighted by molar-refractivity contribution is 0.0697. The summed E-state index contributed by atoms with van der Waals surface area (Å²) < 4.78 is 4.88. The lowest BCUT2D eigenvalue weighted by atomic mass is 10.1. The Kier molecular flexibility index (Phi) is 2.02. The van der Waals surface area contributed by atoms with E-state index in [1.807, 2.05) is 18.2 Å². The number of rotatable bonds is 2. The van der Waals surface area contributed by atoms with Crippen molar-refractivity contribution in [2.75, 3.05) is 0 Å². The van der Waals surface area contributed by atoms with Crippen molar-refractivity contribution in [3.8, 4) is 11.3 Å². The Morgan fingerprint density at radius 3 is 2.64 bits per heavy atom. The Bertz CT molecular complexity index is 447. The van der Waals surface area contributed by atoms with Gasteiger partial charge in [0.2, 0.25) is 0 Å². The van der Waals surface area contributed by atoms with Crippen molar-refractivity contribution in [3.05, 3.63) is 42.1 Å². The topological polar surface area (TPSA) is 63.3 Å². The third-order valence-corrected chi connectivity index (χ3v) is 1.84. The number of carboxylic acid groups (broad SMARTS) is 1. The Morgan fingerprint density at radius 2 is 2.00 bits per heavy atom. The number of nitrogens with zero attached hydrogens (tertiary/aromatic N) is 1. The van der Waals surface area contributed by atoms with E-state index in [1.165, 1.54) is 6.20 Å². The van der Waals surface area contributed by atoms with Crippen LogP contribution < -0.4 is 0 Å². The van der Waals surface area contributed by atoms with Gasteiger partial charge >= 0.3 is 5.97 Å². The minimum Gasteiger partial charge on any atom is -0.477 e. The van der Waals surface area contributed by atoms with E-state index in [1.54, 1.807) is 12.1 Å². The van der Waals surface area contributed by atoms with Gasteiger partial charge in [-0.1, -0.05) is 35.5 Å². The summed E-state index contributed by atoms with van der Waals surface area (Å²) in [4.78, 5) is 10.8. The van der Waals surface area contributed by atoms with Gasteiger partial charge in [-0.15, -0.1) is 0 Å². The number of carbonyl (C=O) groups is 1. The molecular weight excluding hydrogens is 182 g/mol. The molecule has 14 heavy (non-hydrogen) atoms. The Balaban J connectivity index is 2.52. The van der Waals surface area contributed by atoms with Crippen LogP contribution >= 0.6 is 0 Å². The zero-order valence-electron chi connectivity index (χ0n) is 7.18. The Hall–Kier alpha value is -2.10. The zero-order chi connectivity index (χ0) is 9.97. The first-order chi connectivity index (χ1) is 6.79. The minimum absolute atomic E-state index is 0.0798. The molecule has 0 saturated heterocycles. The second kappa shape index (κ2) is 3.33. The third-order valence-electron chi connectivity index (χ3n) is 1.84. The summed E-state index contributed by atoms with van der Waals surface area (Å²) in [7, 11) is 0. The van der Waals surface area contributed by atoms with Crippen LogP contribution in [-0.2, 0) is 0 Å². The maximum absolute atomic E-state index is 10.8. The molecule has 70 valence electrons. The highest BCUT2D eigenvalue weighted by Crippen LogP contribution is 2.22. The van der Waals surface area contributed by atoms with Crippen LogP contribution in [0.15, 0.2) is 41.1 Å². The van der Waals surface area contributed by atoms with E-state index < -0.39 is 5.97 Å². The summed E-state index contributed by atoms with van der Waals surface area (Å²) in [6, 6.07) is 9.01. The number of hydrogen-bond acceptors (Lipinski definition) is 3. The van der Waals surface area contributed by atoms with Crippen molar-refractivity contribution in [1.82, 2.24) is 5.16 Å². The van der Waals surface area contributed by atoms with Crippen LogP contribution in [0.25, 0.3) is 11.3 Å². The maximum atomic E-state index is 10.8. The Morgan fingerprint density at radius 1 is 1.29 bits per heavy atom. The van der Waals surface area contributed by atoms with E-state index in [2.05, 4.69) is 5.16 Å². The Labute approximate surface area is 79.8 Å². The first-order valence-electron chi connectivity index (χ1n) is 4.02. The molecule has 0 radical (unpaired) electrons. The van der Waals surface area contributed by atoms with Crippen LogP contribution in [-0.4, -0.2) is 16.2 Å². The molecule has 0 aliphatic heterocycles. The smallest absolute Gasteiger partial charge is 0.341 e. The van der Waals surface area contributed by atoms with Crippen molar-refractivity contribution in [1.29, 1.82) is 0 Å². The van der Waals surface area contributed by atoms with Crippen molar-refractivity contribution >= 4 is 5.97 Å². The van der Waals surface area contributed by atoms with E-state index in [4.69, 9.17) is 9.63 Å². The SMILES string of the molecule is O=C(O)c1cnoc1-c1ccccc1. The quantitative estimate of drug-likeness (QED) is 0.785. The van der Waals surface area contributed by atoms with E-state index in [9.17, 15) is 4.79 Å². The summed E-state index contributed by atoms with van der Waals surface area (Å²) in [5.41, 5.74) is 0.790. The van der Waals surface area contributed by atoms with Crippen LogP contribution in [0.3, 0.4) is 0 Å². The number of benzene rings is 1. The molecule has 0 aliphatic rings. The normalized spacial score (nSPS) is 10.0.